The molecule has 0 atom stereocenters. The fourth-order valence-corrected chi connectivity index (χ4v) is 2.21. The topological polar surface area (TPSA) is 60.2 Å². The normalized spacial score (nSPS) is 10.9. The molecule has 0 radical (unpaired) electrons. The van der Waals surface area contributed by atoms with E-state index in [4.69, 9.17) is 4.74 Å². The molecule has 20 heavy (non-hydrogen) atoms. The van der Waals surface area contributed by atoms with Crippen molar-refractivity contribution in [3.63, 3.8) is 0 Å². The number of ether oxygens (including phenoxy) is 1. The number of hydrogen-bond acceptors (Lipinski definition) is 4. The quantitative estimate of drug-likeness (QED) is 0.787. The third-order valence-corrected chi connectivity index (χ3v) is 3.32. The first-order chi connectivity index (χ1) is 9.79. The summed E-state index contributed by atoms with van der Waals surface area (Å²) in [6, 6.07) is 11.8. The molecule has 1 heterocycles. The highest BCUT2D eigenvalue weighted by molar-refractivity contribution is 5.87. The van der Waals surface area contributed by atoms with E-state index in [9.17, 15) is 5.11 Å². The average Bonchev–Trinajstić information content (AvgIpc) is 2.89. The van der Waals surface area contributed by atoms with E-state index in [0.717, 1.165) is 22.2 Å². The molecule has 3 rings (SSSR count). The van der Waals surface area contributed by atoms with Gasteiger partial charge in [0.1, 0.15) is 18.7 Å². The van der Waals surface area contributed by atoms with Crippen molar-refractivity contribution in [2.45, 2.75) is 13.2 Å². The predicted octanol–water partition coefficient (Wildman–Crippen LogP) is 2.04. The fourth-order valence-electron chi connectivity index (χ4n) is 2.21. The van der Waals surface area contributed by atoms with Crippen LogP contribution in [0.2, 0.25) is 0 Å². The van der Waals surface area contributed by atoms with E-state index in [1.807, 2.05) is 43.4 Å². The molecule has 0 fully saturated rings. The monoisotopic (exact) mass is 269 g/mol. The number of fused-ring (bicyclic) bond motifs is 1. The molecule has 0 saturated heterocycles. The van der Waals surface area contributed by atoms with Gasteiger partial charge in [0.15, 0.2) is 5.82 Å². The Kier molecular flexibility index (Phi) is 3.35. The molecule has 1 aromatic heterocycles. The lowest BCUT2D eigenvalue weighted by Crippen LogP contribution is -2.06. The van der Waals surface area contributed by atoms with Crippen LogP contribution in [0.3, 0.4) is 0 Å². The number of aliphatic hydroxyl groups excluding tert-OH is 1. The van der Waals surface area contributed by atoms with Gasteiger partial charge in [-0.25, -0.2) is 4.98 Å². The van der Waals surface area contributed by atoms with Crippen LogP contribution in [0, 0.1) is 0 Å². The fraction of sp³-hybridized carbons (Fsp3) is 0.200. The Bertz CT molecular complexity index is 737. The van der Waals surface area contributed by atoms with Gasteiger partial charge < -0.3 is 9.84 Å². The molecule has 0 bridgehead atoms. The molecule has 5 nitrogen and oxygen atoms in total. The highest BCUT2D eigenvalue weighted by Gasteiger charge is 2.09. The molecular formula is C15H15N3O2. The Morgan fingerprint density at radius 2 is 2.05 bits per heavy atom. The second-order valence-corrected chi connectivity index (χ2v) is 4.51. The van der Waals surface area contributed by atoms with E-state index in [1.165, 1.54) is 6.33 Å². The van der Waals surface area contributed by atoms with Crippen LogP contribution in [0.25, 0.3) is 10.8 Å². The van der Waals surface area contributed by atoms with Crippen LogP contribution < -0.4 is 4.74 Å². The number of aliphatic hydroxyl groups is 1. The van der Waals surface area contributed by atoms with Crippen LogP contribution in [0.4, 0.5) is 0 Å². The lowest BCUT2D eigenvalue weighted by molar-refractivity contribution is 0.255. The van der Waals surface area contributed by atoms with Crippen LogP contribution >= 0.6 is 0 Å². The number of nitrogens with zero attached hydrogens (tertiary/aromatic N) is 3. The van der Waals surface area contributed by atoms with Gasteiger partial charge in [-0.3, -0.25) is 4.68 Å². The summed E-state index contributed by atoms with van der Waals surface area (Å²) in [6.07, 6.45) is 1.49. The molecule has 5 heteroatoms. The van der Waals surface area contributed by atoms with Crippen LogP contribution in [0.5, 0.6) is 5.75 Å². The van der Waals surface area contributed by atoms with E-state index in [-0.39, 0.29) is 6.61 Å². The first-order valence-corrected chi connectivity index (χ1v) is 6.36. The second kappa shape index (κ2) is 5.30. The number of rotatable bonds is 4. The molecule has 0 aliphatic carbocycles. The van der Waals surface area contributed by atoms with E-state index in [0.29, 0.717) is 12.4 Å². The van der Waals surface area contributed by atoms with Gasteiger partial charge >= 0.3 is 0 Å². The maximum absolute atomic E-state index is 9.62. The molecule has 0 amide bonds. The van der Waals surface area contributed by atoms with Crippen molar-refractivity contribution in [2.24, 2.45) is 7.05 Å². The highest BCUT2D eigenvalue weighted by atomic mass is 16.5. The SMILES string of the molecule is Cn1ncnc1COc1ccc2ccccc2c1CO. The van der Waals surface area contributed by atoms with Crippen molar-refractivity contribution in [3.05, 3.63) is 54.1 Å². The first-order valence-electron chi connectivity index (χ1n) is 6.36. The molecule has 0 unspecified atom stereocenters. The van der Waals surface area contributed by atoms with Crippen molar-refractivity contribution < 1.29 is 9.84 Å². The number of benzene rings is 2. The minimum atomic E-state index is -0.0600. The van der Waals surface area contributed by atoms with E-state index in [2.05, 4.69) is 10.1 Å². The van der Waals surface area contributed by atoms with Gasteiger partial charge in [-0.05, 0) is 16.8 Å². The van der Waals surface area contributed by atoms with Crippen LogP contribution in [0.1, 0.15) is 11.4 Å². The third kappa shape index (κ3) is 2.23. The van der Waals surface area contributed by atoms with Crippen LogP contribution in [-0.2, 0) is 20.3 Å². The molecule has 1 N–H and O–H groups in total. The minimum Gasteiger partial charge on any atom is -0.485 e. The number of aryl methyl sites for hydroxylation is 1. The van der Waals surface area contributed by atoms with E-state index < -0.39 is 0 Å². The van der Waals surface area contributed by atoms with Crippen molar-refractivity contribution in [2.75, 3.05) is 0 Å². The molecule has 0 saturated carbocycles. The zero-order valence-electron chi connectivity index (χ0n) is 11.2. The zero-order chi connectivity index (χ0) is 13.9. The summed E-state index contributed by atoms with van der Waals surface area (Å²) in [5, 5.41) is 15.7. The maximum atomic E-state index is 9.62. The smallest absolute Gasteiger partial charge is 0.164 e. The number of hydrogen-bond donors (Lipinski definition) is 1. The van der Waals surface area contributed by atoms with E-state index in [1.54, 1.807) is 4.68 Å². The summed E-state index contributed by atoms with van der Waals surface area (Å²) >= 11 is 0. The Labute approximate surface area is 116 Å². The summed E-state index contributed by atoms with van der Waals surface area (Å²) in [5.41, 5.74) is 0.797. The molecule has 0 aliphatic rings. The third-order valence-electron chi connectivity index (χ3n) is 3.32. The Balaban J connectivity index is 1.93. The largest absolute Gasteiger partial charge is 0.485 e. The van der Waals surface area contributed by atoms with Crippen molar-refractivity contribution in [1.29, 1.82) is 0 Å². The number of aromatic nitrogens is 3. The van der Waals surface area contributed by atoms with Gasteiger partial charge in [0.05, 0.1) is 6.61 Å². The zero-order valence-corrected chi connectivity index (χ0v) is 11.2. The van der Waals surface area contributed by atoms with Crippen molar-refractivity contribution in [3.8, 4) is 5.75 Å². The first kappa shape index (κ1) is 12.6. The molecule has 2 aromatic carbocycles. The lowest BCUT2D eigenvalue weighted by atomic mass is 10.0. The highest BCUT2D eigenvalue weighted by Crippen LogP contribution is 2.28. The molecular weight excluding hydrogens is 254 g/mol. The van der Waals surface area contributed by atoms with Gasteiger partial charge in [-0.15, -0.1) is 0 Å². The van der Waals surface area contributed by atoms with Crippen molar-refractivity contribution >= 4 is 10.8 Å². The Hall–Kier alpha value is -2.40. The van der Waals surface area contributed by atoms with Gasteiger partial charge in [-0.1, -0.05) is 30.3 Å². The lowest BCUT2D eigenvalue weighted by Gasteiger charge is -2.12. The Morgan fingerprint density at radius 3 is 2.80 bits per heavy atom. The Morgan fingerprint density at radius 1 is 1.20 bits per heavy atom. The van der Waals surface area contributed by atoms with Gasteiger partial charge in [0, 0.05) is 12.6 Å². The summed E-state index contributed by atoms with van der Waals surface area (Å²) < 4.78 is 7.44. The van der Waals surface area contributed by atoms with Crippen LogP contribution in [-0.4, -0.2) is 19.9 Å². The standard InChI is InChI=1S/C15H15N3O2/c1-18-15(16-10-17-18)9-20-14-7-6-11-4-2-3-5-12(11)13(14)8-19/h2-7,10,19H,8-9H2,1H3. The molecule has 3 aromatic rings. The molecule has 0 spiro atoms. The maximum Gasteiger partial charge on any atom is 0.164 e. The van der Waals surface area contributed by atoms with E-state index >= 15 is 0 Å². The van der Waals surface area contributed by atoms with Gasteiger partial charge in [0.2, 0.25) is 0 Å². The average molecular weight is 269 g/mol. The van der Waals surface area contributed by atoms with Crippen LogP contribution in [0.15, 0.2) is 42.7 Å². The van der Waals surface area contributed by atoms with Gasteiger partial charge in [0.25, 0.3) is 0 Å². The predicted molar refractivity (Wildman–Crippen MR) is 75.2 cm³/mol. The molecule has 0 aliphatic heterocycles. The minimum absolute atomic E-state index is 0.0600. The summed E-state index contributed by atoms with van der Waals surface area (Å²) in [4.78, 5) is 4.11. The summed E-state index contributed by atoms with van der Waals surface area (Å²) in [6.45, 7) is 0.261. The molecule has 102 valence electrons. The second-order valence-electron chi connectivity index (χ2n) is 4.51. The van der Waals surface area contributed by atoms with Crippen molar-refractivity contribution in [1.82, 2.24) is 14.8 Å². The van der Waals surface area contributed by atoms with Gasteiger partial charge in [-0.2, -0.15) is 5.10 Å². The summed E-state index contributed by atoms with van der Waals surface area (Å²) in [7, 11) is 1.82. The summed E-state index contributed by atoms with van der Waals surface area (Å²) in [5.74, 6) is 1.41.